The van der Waals surface area contributed by atoms with Crippen LogP contribution >= 0.6 is 19.4 Å². The normalized spacial score (nSPS) is 15.8. The minimum atomic E-state index is -4.36. The third kappa shape index (κ3) is 23.0. The standard InChI is InChI=1S/C33H67O6PS/c1-8-11-13-15-17-18-19-20-22-24-27-41-30(25-23-21-16-14-12-9-2)29(4)39-32(40(35,36)38-26-10-3)31(34)37-28-33(5,6)7/h29-30,32H,8-28H2,1-7H3,(H,35,36). The third-order valence-electron chi connectivity index (χ3n) is 7.16. The summed E-state index contributed by atoms with van der Waals surface area (Å²) >= 11 is 1.89. The summed E-state index contributed by atoms with van der Waals surface area (Å²) < 4.78 is 29.9. The Hall–Kier alpha value is -0.0700. The number of carbonyl (C=O) groups excluding carboxylic acids is 1. The number of hydrogen-bond donors (Lipinski definition) is 1. The maximum atomic E-state index is 13.1. The molecular formula is C33H67O6PS. The zero-order valence-electron chi connectivity index (χ0n) is 27.9. The second-order valence-corrected chi connectivity index (χ2v) is 16.1. The van der Waals surface area contributed by atoms with E-state index in [0.29, 0.717) is 6.42 Å². The number of esters is 1. The Labute approximate surface area is 258 Å². The van der Waals surface area contributed by atoms with Crippen LogP contribution in [0.25, 0.3) is 0 Å². The predicted molar refractivity (Wildman–Crippen MR) is 177 cm³/mol. The zero-order chi connectivity index (χ0) is 31.0. The van der Waals surface area contributed by atoms with Crippen molar-refractivity contribution < 1.29 is 28.3 Å². The van der Waals surface area contributed by atoms with E-state index in [1.807, 2.05) is 46.4 Å². The van der Waals surface area contributed by atoms with E-state index in [9.17, 15) is 14.3 Å². The number of thioether (sulfide) groups is 1. The van der Waals surface area contributed by atoms with Crippen LogP contribution in [-0.4, -0.2) is 47.0 Å². The summed E-state index contributed by atoms with van der Waals surface area (Å²) in [5.41, 5.74) is -0.263. The van der Waals surface area contributed by atoms with E-state index in [2.05, 4.69) is 13.8 Å². The van der Waals surface area contributed by atoms with Crippen molar-refractivity contribution in [1.29, 1.82) is 0 Å². The molecule has 0 aromatic heterocycles. The SMILES string of the molecule is CCCCCCCCCCCCSC(CCCCCCCC)C(C)OC(C(=O)OCC(C)(C)C)P(=O)(O)OCCC. The molecule has 0 heterocycles. The molecule has 8 heteroatoms. The lowest BCUT2D eigenvalue weighted by atomic mass is 9.99. The molecule has 4 unspecified atom stereocenters. The van der Waals surface area contributed by atoms with E-state index in [0.717, 1.165) is 25.0 Å². The summed E-state index contributed by atoms with van der Waals surface area (Å²) in [6, 6.07) is 0. The summed E-state index contributed by atoms with van der Waals surface area (Å²) in [6.45, 7) is 14.4. The van der Waals surface area contributed by atoms with Gasteiger partial charge in [-0.15, -0.1) is 0 Å². The Morgan fingerprint density at radius 1 is 0.780 bits per heavy atom. The Balaban J connectivity index is 5.08. The summed E-state index contributed by atoms with van der Waals surface area (Å²) in [5.74, 6) is -1.41. The van der Waals surface area contributed by atoms with Crippen LogP contribution in [-0.2, 0) is 23.4 Å². The molecule has 0 fully saturated rings. The highest BCUT2D eigenvalue weighted by atomic mass is 32.2. The van der Waals surface area contributed by atoms with Gasteiger partial charge in [-0.05, 0) is 37.4 Å². The van der Waals surface area contributed by atoms with Crippen LogP contribution in [0, 0.1) is 5.41 Å². The van der Waals surface area contributed by atoms with Crippen LogP contribution < -0.4 is 0 Å². The minimum absolute atomic E-state index is 0.0866. The molecule has 4 atom stereocenters. The van der Waals surface area contributed by atoms with Gasteiger partial charge in [0.05, 0.1) is 19.3 Å². The monoisotopic (exact) mass is 622 g/mol. The second kappa shape index (κ2) is 25.3. The summed E-state index contributed by atoms with van der Waals surface area (Å²) in [4.78, 5) is 23.7. The van der Waals surface area contributed by atoms with Crippen LogP contribution in [0.2, 0.25) is 0 Å². The van der Waals surface area contributed by atoms with E-state index in [4.69, 9.17) is 14.0 Å². The number of hydrogen-bond acceptors (Lipinski definition) is 6. The molecule has 0 saturated carbocycles. The van der Waals surface area contributed by atoms with Gasteiger partial charge in [0, 0.05) is 5.25 Å². The van der Waals surface area contributed by atoms with E-state index in [1.54, 1.807) is 0 Å². The van der Waals surface area contributed by atoms with Gasteiger partial charge in [-0.3, -0.25) is 4.57 Å². The molecule has 0 bridgehead atoms. The summed E-state index contributed by atoms with van der Waals surface area (Å²) in [7, 11) is -4.36. The lowest BCUT2D eigenvalue weighted by Crippen LogP contribution is -2.36. The van der Waals surface area contributed by atoms with Gasteiger partial charge in [0.1, 0.15) is 0 Å². The van der Waals surface area contributed by atoms with Gasteiger partial charge in [0.15, 0.2) is 0 Å². The molecule has 246 valence electrons. The van der Waals surface area contributed by atoms with E-state index >= 15 is 0 Å². The average Bonchev–Trinajstić information content (AvgIpc) is 2.92. The van der Waals surface area contributed by atoms with Crippen molar-refractivity contribution in [1.82, 2.24) is 0 Å². The van der Waals surface area contributed by atoms with Gasteiger partial charge in [0.2, 0.25) is 0 Å². The third-order valence-corrected chi connectivity index (χ3v) is 10.2. The first kappa shape index (κ1) is 40.9. The van der Waals surface area contributed by atoms with E-state index in [1.165, 1.54) is 89.9 Å². The van der Waals surface area contributed by atoms with Gasteiger partial charge < -0.3 is 18.9 Å². The topological polar surface area (TPSA) is 82.1 Å². The Morgan fingerprint density at radius 2 is 1.27 bits per heavy atom. The summed E-state index contributed by atoms with van der Waals surface area (Å²) in [5, 5.41) is 0.142. The fourth-order valence-corrected chi connectivity index (χ4v) is 7.22. The van der Waals surface area contributed by atoms with Crippen molar-refractivity contribution >= 4 is 25.3 Å². The van der Waals surface area contributed by atoms with Crippen LogP contribution in [0.1, 0.15) is 164 Å². The molecule has 0 aliphatic heterocycles. The van der Waals surface area contributed by atoms with Gasteiger partial charge in [0.25, 0.3) is 5.85 Å². The first-order valence-corrected chi connectivity index (χ1v) is 19.6. The molecule has 41 heavy (non-hydrogen) atoms. The fourth-order valence-electron chi connectivity index (χ4n) is 4.61. The predicted octanol–water partition coefficient (Wildman–Crippen LogP) is 10.7. The molecule has 0 amide bonds. The van der Waals surface area contributed by atoms with Crippen LogP contribution in [0.3, 0.4) is 0 Å². The molecule has 0 spiro atoms. The zero-order valence-corrected chi connectivity index (χ0v) is 29.6. The first-order chi connectivity index (χ1) is 19.5. The molecule has 0 aliphatic carbocycles. The van der Waals surface area contributed by atoms with Gasteiger partial charge in [-0.25, -0.2) is 4.79 Å². The molecular weight excluding hydrogens is 555 g/mol. The van der Waals surface area contributed by atoms with Crippen LogP contribution in [0.4, 0.5) is 0 Å². The Kier molecular flexibility index (Phi) is 25.2. The number of ether oxygens (including phenoxy) is 2. The van der Waals surface area contributed by atoms with Crippen molar-refractivity contribution in [3.63, 3.8) is 0 Å². The second-order valence-electron chi connectivity index (χ2n) is 12.9. The lowest BCUT2D eigenvalue weighted by Gasteiger charge is -2.30. The van der Waals surface area contributed by atoms with Crippen LogP contribution in [0.5, 0.6) is 0 Å². The molecule has 0 radical (unpaired) electrons. The van der Waals surface area contributed by atoms with Crippen molar-refractivity contribution in [3.8, 4) is 0 Å². The molecule has 0 aromatic rings. The average molecular weight is 623 g/mol. The van der Waals surface area contributed by atoms with E-state index in [-0.39, 0.29) is 30.0 Å². The molecule has 0 aliphatic rings. The largest absolute Gasteiger partial charge is 0.463 e. The smallest absolute Gasteiger partial charge is 0.368 e. The van der Waals surface area contributed by atoms with Crippen molar-refractivity contribution in [2.24, 2.45) is 5.41 Å². The number of rotatable bonds is 28. The highest BCUT2D eigenvalue weighted by Crippen LogP contribution is 2.49. The Bertz CT molecular complexity index is 669. The highest BCUT2D eigenvalue weighted by molar-refractivity contribution is 7.99. The Morgan fingerprint density at radius 3 is 1.76 bits per heavy atom. The van der Waals surface area contributed by atoms with Gasteiger partial charge in [-0.2, -0.15) is 11.8 Å². The van der Waals surface area contributed by atoms with E-state index < -0.39 is 19.4 Å². The van der Waals surface area contributed by atoms with Crippen molar-refractivity contribution in [2.75, 3.05) is 19.0 Å². The van der Waals surface area contributed by atoms with Crippen molar-refractivity contribution in [2.45, 2.75) is 181 Å². The lowest BCUT2D eigenvalue weighted by molar-refractivity contribution is -0.158. The maximum absolute atomic E-state index is 13.1. The molecule has 0 aromatic carbocycles. The fraction of sp³-hybridized carbons (Fsp3) is 0.970. The molecule has 0 rings (SSSR count). The molecule has 6 nitrogen and oxygen atoms in total. The quantitative estimate of drug-likeness (QED) is 0.0528. The summed E-state index contributed by atoms with van der Waals surface area (Å²) in [6.07, 6.45) is 21.5. The highest BCUT2D eigenvalue weighted by Gasteiger charge is 2.43. The number of unbranched alkanes of at least 4 members (excludes halogenated alkanes) is 14. The minimum Gasteiger partial charge on any atom is -0.463 e. The van der Waals surface area contributed by atoms with Crippen LogP contribution in [0.15, 0.2) is 0 Å². The number of carbonyl (C=O) groups is 1. The van der Waals surface area contributed by atoms with Gasteiger partial charge in [-0.1, -0.05) is 138 Å². The maximum Gasteiger partial charge on any atom is 0.368 e. The van der Waals surface area contributed by atoms with Gasteiger partial charge >= 0.3 is 13.6 Å². The molecule has 1 N–H and O–H groups in total. The molecule has 0 saturated heterocycles. The first-order valence-electron chi connectivity index (χ1n) is 16.9. The van der Waals surface area contributed by atoms with Crippen molar-refractivity contribution in [3.05, 3.63) is 0 Å².